The van der Waals surface area contributed by atoms with Crippen LogP contribution >= 0.6 is 0 Å². The maximum Gasteiger partial charge on any atom is 0.422 e. The zero-order valence-electron chi connectivity index (χ0n) is 25.1. The monoisotopic (exact) mass is 782 g/mol. The van der Waals surface area contributed by atoms with Crippen molar-refractivity contribution in [1.29, 1.82) is 0 Å². The SMILES string of the molecule is CC(=C1/C(=C(\C)c2c(F)c(F)c(C(F)(F)F)c(F)c2F)C12C(C)C2c1c(F)c(F)c(C(F)(F)F)c(F)c1F)c1c(F)c(F)c(C(F)(F)F)c(F)c1F. The summed E-state index contributed by atoms with van der Waals surface area (Å²) >= 11 is 0. The highest BCUT2D eigenvalue weighted by Gasteiger charge is 2.79. The lowest BCUT2D eigenvalue weighted by Crippen LogP contribution is -2.17. The molecule has 2 fully saturated rings. The van der Waals surface area contributed by atoms with E-state index in [2.05, 4.69) is 0 Å². The van der Waals surface area contributed by atoms with E-state index in [1.54, 1.807) is 0 Å². The van der Waals surface area contributed by atoms with Gasteiger partial charge in [-0.3, -0.25) is 0 Å². The largest absolute Gasteiger partial charge is 0.422 e. The van der Waals surface area contributed by atoms with Crippen molar-refractivity contribution in [1.82, 2.24) is 0 Å². The van der Waals surface area contributed by atoms with E-state index in [-0.39, 0.29) is 0 Å². The molecule has 0 heterocycles. The van der Waals surface area contributed by atoms with Crippen molar-refractivity contribution in [2.75, 3.05) is 0 Å². The maximum absolute atomic E-state index is 15.2. The molecule has 2 aliphatic carbocycles. The summed E-state index contributed by atoms with van der Waals surface area (Å²) in [7, 11) is 0. The van der Waals surface area contributed by atoms with Crippen molar-refractivity contribution in [3.05, 3.63) is 114 Å². The molecule has 2 saturated carbocycles. The van der Waals surface area contributed by atoms with Crippen molar-refractivity contribution in [2.24, 2.45) is 11.3 Å². The standard InChI is InChI=1S/C31H11F21/c1-4(7-16(32)22(38)13(29(44,45)46)23(39)17(7)33)10-11(5(2)8-18(34)24(40)14(30(47,48)49)25(41)19(8)35)28(10)6(3)12(28)9-20(36)26(42)15(31(50,51)52)27(43)21(9)37/h6,12H,1-3H3/b10-4-,11-5?. The second kappa shape index (κ2) is 11.6. The van der Waals surface area contributed by atoms with Gasteiger partial charge in [-0.1, -0.05) is 6.92 Å². The Morgan fingerprint density at radius 3 is 0.865 bits per heavy atom. The molecule has 3 aromatic rings. The van der Waals surface area contributed by atoms with Crippen LogP contribution in [0.4, 0.5) is 92.2 Å². The summed E-state index contributed by atoms with van der Waals surface area (Å²) in [5.74, 6) is -39.4. The van der Waals surface area contributed by atoms with E-state index >= 15 is 26.3 Å². The third kappa shape index (κ3) is 5.10. The van der Waals surface area contributed by atoms with Crippen molar-refractivity contribution >= 4 is 11.1 Å². The summed E-state index contributed by atoms with van der Waals surface area (Å²) in [5, 5.41) is 0. The van der Waals surface area contributed by atoms with Crippen LogP contribution in [0.5, 0.6) is 0 Å². The summed E-state index contributed by atoms with van der Waals surface area (Å²) < 4.78 is 297. The fraction of sp³-hybridized carbons (Fsp3) is 0.290. The molecule has 0 radical (unpaired) electrons. The zero-order valence-corrected chi connectivity index (χ0v) is 25.1. The Labute approximate surface area is 274 Å². The Bertz CT molecular complexity index is 1970. The number of hydrogen-bond acceptors (Lipinski definition) is 0. The smallest absolute Gasteiger partial charge is 0.203 e. The van der Waals surface area contributed by atoms with Crippen molar-refractivity contribution in [3.8, 4) is 0 Å². The Morgan fingerprint density at radius 2 is 0.635 bits per heavy atom. The molecule has 0 nitrogen and oxygen atoms in total. The lowest BCUT2D eigenvalue weighted by molar-refractivity contribution is -0.144. The number of hydrogen-bond donors (Lipinski definition) is 0. The average molecular weight is 782 g/mol. The molecule has 1 spiro atoms. The second-order valence-electron chi connectivity index (χ2n) is 11.7. The normalized spacial score (nSPS) is 22.4. The Morgan fingerprint density at radius 1 is 0.404 bits per heavy atom. The minimum atomic E-state index is -6.09. The zero-order chi connectivity index (χ0) is 39.9. The predicted octanol–water partition coefficient (Wildman–Crippen LogP) is 12.1. The molecule has 3 atom stereocenters. The summed E-state index contributed by atoms with van der Waals surface area (Å²) in [4.78, 5) is 0. The van der Waals surface area contributed by atoms with Crippen LogP contribution in [-0.4, -0.2) is 0 Å². The molecule has 0 aliphatic heterocycles. The van der Waals surface area contributed by atoms with E-state index in [0.717, 1.165) is 6.92 Å². The third-order valence-electron chi connectivity index (χ3n) is 9.10. The molecule has 0 bridgehead atoms. The van der Waals surface area contributed by atoms with E-state index in [9.17, 15) is 65.9 Å². The van der Waals surface area contributed by atoms with Crippen LogP contribution in [0.3, 0.4) is 0 Å². The van der Waals surface area contributed by atoms with Gasteiger partial charge in [-0.2, -0.15) is 39.5 Å². The van der Waals surface area contributed by atoms with Crippen molar-refractivity contribution in [2.45, 2.75) is 45.2 Å². The van der Waals surface area contributed by atoms with Crippen LogP contribution in [0, 0.1) is 81.1 Å². The molecule has 2 aliphatic rings. The van der Waals surface area contributed by atoms with Crippen LogP contribution in [0.25, 0.3) is 11.1 Å². The van der Waals surface area contributed by atoms with Gasteiger partial charge in [-0.15, -0.1) is 0 Å². The summed E-state index contributed by atoms with van der Waals surface area (Å²) in [6.45, 7) is 1.62. The Kier molecular flexibility index (Phi) is 8.66. The molecule has 52 heavy (non-hydrogen) atoms. The van der Waals surface area contributed by atoms with E-state index in [0.29, 0.717) is 13.8 Å². The van der Waals surface area contributed by atoms with Crippen LogP contribution in [0.1, 0.15) is 60.1 Å². The second-order valence-corrected chi connectivity index (χ2v) is 11.7. The minimum Gasteiger partial charge on any atom is -0.203 e. The number of alkyl halides is 9. The first-order valence-electron chi connectivity index (χ1n) is 13.7. The number of benzene rings is 3. The van der Waals surface area contributed by atoms with Crippen molar-refractivity contribution in [3.63, 3.8) is 0 Å². The number of halogens is 21. The van der Waals surface area contributed by atoms with Gasteiger partial charge < -0.3 is 0 Å². The third-order valence-corrected chi connectivity index (χ3v) is 9.10. The highest BCUT2D eigenvalue weighted by Crippen LogP contribution is 2.87. The molecular weight excluding hydrogens is 771 g/mol. The molecule has 0 aromatic heterocycles. The van der Waals surface area contributed by atoms with Gasteiger partial charge in [0, 0.05) is 16.9 Å². The van der Waals surface area contributed by atoms with Crippen molar-refractivity contribution < 1.29 is 92.2 Å². The topological polar surface area (TPSA) is 0 Å². The van der Waals surface area contributed by atoms with Gasteiger partial charge in [0.25, 0.3) is 0 Å². The van der Waals surface area contributed by atoms with Gasteiger partial charge in [0.1, 0.15) is 16.7 Å². The quantitative estimate of drug-likeness (QED) is 0.183. The molecule has 3 aromatic carbocycles. The summed E-state index contributed by atoms with van der Waals surface area (Å²) in [6, 6.07) is 0. The molecule has 282 valence electrons. The highest BCUT2D eigenvalue weighted by molar-refractivity contribution is 5.95. The Hall–Kier alpha value is -4.33. The molecule has 21 heteroatoms. The van der Waals surface area contributed by atoms with Crippen LogP contribution in [-0.2, 0) is 18.5 Å². The predicted molar refractivity (Wildman–Crippen MR) is 133 cm³/mol. The molecule has 0 saturated heterocycles. The van der Waals surface area contributed by atoms with Gasteiger partial charge >= 0.3 is 18.5 Å². The van der Waals surface area contributed by atoms with E-state index in [4.69, 9.17) is 0 Å². The van der Waals surface area contributed by atoms with E-state index in [1.165, 1.54) is 0 Å². The highest BCUT2D eigenvalue weighted by atomic mass is 19.4. The summed E-state index contributed by atoms with van der Waals surface area (Å²) in [5.41, 5.74) is -22.7. The first kappa shape index (κ1) is 38.9. The van der Waals surface area contributed by atoms with E-state index in [1.807, 2.05) is 0 Å². The number of allylic oxidation sites excluding steroid dienone is 4. The Balaban J connectivity index is 1.92. The van der Waals surface area contributed by atoms with Gasteiger partial charge in [-0.05, 0) is 42.1 Å². The molecule has 0 N–H and O–H groups in total. The van der Waals surface area contributed by atoms with Crippen LogP contribution < -0.4 is 0 Å². The maximum atomic E-state index is 15.2. The van der Waals surface area contributed by atoms with Gasteiger partial charge in [0.05, 0.1) is 11.1 Å². The minimum absolute atomic E-state index is 0.411. The van der Waals surface area contributed by atoms with Gasteiger partial charge in [0.2, 0.25) is 0 Å². The molecule has 3 unspecified atom stereocenters. The molecular formula is C31H11F21. The van der Waals surface area contributed by atoms with Gasteiger partial charge in [0.15, 0.2) is 69.8 Å². The van der Waals surface area contributed by atoms with Gasteiger partial charge in [-0.25, -0.2) is 52.7 Å². The first-order chi connectivity index (χ1) is 23.5. The fourth-order valence-corrected chi connectivity index (χ4v) is 6.95. The molecule has 5 rings (SSSR count). The lowest BCUT2D eigenvalue weighted by Gasteiger charge is -2.15. The summed E-state index contributed by atoms with van der Waals surface area (Å²) in [6.07, 6.45) is -18.3. The van der Waals surface area contributed by atoms with E-state index < -0.39 is 161 Å². The fourth-order valence-electron chi connectivity index (χ4n) is 6.95. The number of rotatable bonds is 3. The molecule has 0 amide bonds. The van der Waals surface area contributed by atoms with Crippen LogP contribution in [0.15, 0.2) is 11.1 Å². The lowest BCUT2D eigenvalue weighted by atomic mass is 9.98. The first-order valence-corrected chi connectivity index (χ1v) is 13.7. The van der Waals surface area contributed by atoms with Crippen LogP contribution in [0.2, 0.25) is 0 Å². The average Bonchev–Trinajstić information content (AvgIpc) is 3.84.